The summed E-state index contributed by atoms with van der Waals surface area (Å²) in [5.41, 5.74) is 1.41. The van der Waals surface area contributed by atoms with Crippen LogP contribution in [0.4, 0.5) is 10.5 Å². The number of urea groups is 1. The largest absolute Gasteiger partial charge is 0.493 e. The second-order valence-electron chi connectivity index (χ2n) is 8.23. The number of carbonyl (C=O) groups is 1. The fourth-order valence-corrected chi connectivity index (χ4v) is 4.20. The molecule has 0 unspecified atom stereocenters. The first-order valence-corrected chi connectivity index (χ1v) is 11.7. The van der Waals surface area contributed by atoms with Crippen molar-refractivity contribution < 1.29 is 19.0 Å². The number of pyridine rings is 1. The SMILES string of the molecule is COc1cc2cc(CN(CCN3CCOCC3)C(=O)Nc3cccc(Cl)c3)c(=O)[nH]c2cc1OC. The number of amides is 2. The third kappa shape index (κ3) is 6.25. The monoisotopic (exact) mass is 500 g/mol. The van der Waals surface area contributed by atoms with Crippen LogP contribution in [0.2, 0.25) is 5.02 Å². The predicted molar refractivity (Wildman–Crippen MR) is 136 cm³/mol. The molecule has 1 fully saturated rings. The molecule has 9 nitrogen and oxygen atoms in total. The van der Waals surface area contributed by atoms with E-state index in [0.29, 0.717) is 59.6 Å². The van der Waals surface area contributed by atoms with Gasteiger partial charge in [0.25, 0.3) is 5.56 Å². The van der Waals surface area contributed by atoms with Crippen molar-refractivity contribution in [3.63, 3.8) is 0 Å². The smallest absolute Gasteiger partial charge is 0.322 e. The van der Waals surface area contributed by atoms with Crippen LogP contribution >= 0.6 is 11.6 Å². The van der Waals surface area contributed by atoms with Gasteiger partial charge in [-0.05, 0) is 30.3 Å². The predicted octanol–water partition coefficient (Wildman–Crippen LogP) is 3.57. The van der Waals surface area contributed by atoms with Crippen molar-refractivity contribution >= 4 is 34.2 Å². The number of methoxy groups -OCH3 is 2. The van der Waals surface area contributed by atoms with Crippen molar-refractivity contribution in [2.45, 2.75) is 6.54 Å². The number of benzene rings is 2. The van der Waals surface area contributed by atoms with Gasteiger partial charge in [-0.3, -0.25) is 9.69 Å². The molecule has 2 N–H and O–H groups in total. The number of morpholine rings is 1. The Labute approximate surface area is 208 Å². The van der Waals surface area contributed by atoms with Crippen LogP contribution in [0.3, 0.4) is 0 Å². The fraction of sp³-hybridized carbons (Fsp3) is 0.360. The molecule has 2 amide bonds. The van der Waals surface area contributed by atoms with E-state index in [1.54, 1.807) is 61.6 Å². The van der Waals surface area contributed by atoms with Gasteiger partial charge in [-0.1, -0.05) is 17.7 Å². The number of H-pyrrole nitrogens is 1. The van der Waals surface area contributed by atoms with Crippen molar-refractivity contribution in [1.82, 2.24) is 14.8 Å². The molecule has 1 aliphatic rings. The van der Waals surface area contributed by atoms with Crippen LogP contribution in [0.15, 0.2) is 47.3 Å². The highest BCUT2D eigenvalue weighted by molar-refractivity contribution is 6.30. The zero-order valence-electron chi connectivity index (χ0n) is 19.8. The minimum absolute atomic E-state index is 0.135. The molecule has 0 bridgehead atoms. The van der Waals surface area contributed by atoms with Gasteiger partial charge in [0.05, 0.1) is 39.5 Å². The Morgan fingerprint density at radius 2 is 1.89 bits per heavy atom. The number of hydrogen-bond acceptors (Lipinski definition) is 6. The Morgan fingerprint density at radius 1 is 1.14 bits per heavy atom. The highest BCUT2D eigenvalue weighted by atomic mass is 35.5. The number of halogens is 1. The Hall–Kier alpha value is -3.27. The van der Waals surface area contributed by atoms with Crippen molar-refractivity contribution in [3.8, 4) is 11.5 Å². The molecule has 3 aromatic rings. The molecule has 0 atom stereocenters. The molecule has 2 aromatic carbocycles. The lowest BCUT2D eigenvalue weighted by molar-refractivity contribution is 0.0349. The van der Waals surface area contributed by atoms with Gasteiger partial charge < -0.3 is 29.4 Å². The average molecular weight is 501 g/mol. The molecular weight excluding hydrogens is 472 g/mol. The number of rotatable bonds is 8. The summed E-state index contributed by atoms with van der Waals surface area (Å²) in [7, 11) is 3.10. The van der Waals surface area contributed by atoms with Crippen LogP contribution in [0, 0.1) is 0 Å². The summed E-state index contributed by atoms with van der Waals surface area (Å²) in [4.78, 5) is 32.9. The van der Waals surface area contributed by atoms with Gasteiger partial charge in [-0.25, -0.2) is 4.79 Å². The molecule has 2 heterocycles. The van der Waals surface area contributed by atoms with Crippen LogP contribution in [0.25, 0.3) is 10.9 Å². The van der Waals surface area contributed by atoms with Crippen LogP contribution in [0.1, 0.15) is 5.56 Å². The molecule has 4 rings (SSSR count). The maximum absolute atomic E-state index is 13.2. The van der Waals surface area contributed by atoms with Gasteiger partial charge in [0.15, 0.2) is 11.5 Å². The lowest BCUT2D eigenvalue weighted by atomic mass is 10.1. The summed E-state index contributed by atoms with van der Waals surface area (Å²) in [6, 6.07) is 12.0. The van der Waals surface area contributed by atoms with Crippen LogP contribution in [0.5, 0.6) is 11.5 Å². The molecule has 35 heavy (non-hydrogen) atoms. The van der Waals surface area contributed by atoms with Gasteiger partial charge in [-0.15, -0.1) is 0 Å². The van der Waals surface area contributed by atoms with E-state index in [2.05, 4.69) is 15.2 Å². The van der Waals surface area contributed by atoms with Gasteiger partial charge in [0, 0.05) is 53.9 Å². The lowest BCUT2D eigenvalue weighted by Gasteiger charge is -2.30. The lowest BCUT2D eigenvalue weighted by Crippen LogP contribution is -2.44. The van der Waals surface area contributed by atoms with Crippen LogP contribution in [-0.4, -0.2) is 74.4 Å². The molecule has 0 aliphatic carbocycles. The number of ether oxygens (including phenoxy) is 3. The van der Waals surface area contributed by atoms with Crippen LogP contribution in [-0.2, 0) is 11.3 Å². The van der Waals surface area contributed by atoms with Crippen LogP contribution < -0.4 is 20.3 Å². The summed E-state index contributed by atoms with van der Waals surface area (Å²) < 4.78 is 16.2. The van der Waals surface area contributed by atoms with Crippen molar-refractivity contribution in [3.05, 3.63) is 63.4 Å². The summed E-state index contributed by atoms with van der Waals surface area (Å²) in [6.45, 7) is 4.20. The molecule has 0 radical (unpaired) electrons. The number of aromatic amines is 1. The third-order valence-electron chi connectivity index (χ3n) is 5.94. The number of anilines is 1. The number of fused-ring (bicyclic) bond motifs is 1. The number of carbonyl (C=O) groups excluding carboxylic acids is 1. The Bertz CT molecular complexity index is 1240. The van der Waals surface area contributed by atoms with Gasteiger partial charge in [0.1, 0.15) is 0 Å². The molecular formula is C25H29ClN4O5. The normalized spacial score (nSPS) is 14.0. The molecule has 186 valence electrons. The van der Waals surface area contributed by atoms with Gasteiger partial charge in [0.2, 0.25) is 0 Å². The number of hydrogen-bond donors (Lipinski definition) is 2. The Balaban J connectivity index is 1.59. The van der Waals surface area contributed by atoms with Crippen molar-refractivity contribution in [2.24, 2.45) is 0 Å². The minimum atomic E-state index is -0.313. The van der Waals surface area contributed by atoms with Gasteiger partial charge in [-0.2, -0.15) is 0 Å². The molecule has 1 saturated heterocycles. The topological polar surface area (TPSA) is 96.1 Å². The quantitative estimate of drug-likeness (QED) is 0.491. The first-order valence-electron chi connectivity index (χ1n) is 11.4. The zero-order valence-corrected chi connectivity index (χ0v) is 20.6. The molecule has 0 saturated carbocycles. The number of nitrogens with zero attached hydrogens (tertiary/aromatic N) is 2. The highest BCUT2D eigenvalue weighted by Crippen LogP contribution is 2.31. The van der Waals surface area contributed by atoms with E-state index in [1.807, 2.05) is 0 Å². The Morgan fingerprint density at radius 3 is 2.60 bits per heavy atom. The van der Waals surface area contributed by atoms with E-state index in [1.165, 1.54) is 0 Å². The first kappa shape index (κ1) is 24.8. The second-order valence-corrected chi connectivity index (χ2v) is 8.67. The average Bonchev–Trinajstić information content (AvgIpc) is 2.86. The standard InChI is InChI=1S/C25H29ClN4O5/c1-33-22-13-17-12-18(24(31)28-21(17)15-23(22)34-2)16-30(7-6-29-8-10-35-11-9-29)25(32)27-20-5-3-4-19(26)14-20/h3-5,12-15H,6-11,16H2,1-2H3,(H,27,32)(H,28,31). The van der Waals surface area contributed by atoms with E-state index in [-0.39, 0.29) is 18.1 Å². The fourth-order valence-electron chi connectivity index (χ4n) is 4.01. The third-order valence-corrected chi connectivity index (χ3v) is 6.17. The summed E-state index contributed by atoms with van der Waals surface area (Å²) >= 11 is 6.07. The van der Waals surface area contributed by atoms with E-state index in [4.69, 9.17) is 25.8 Å². The molecule has 1 aliphatic heterocycles. The molecule has 10 heteroatoms. The van der Waals surface area contributed by atoms with Gasteiger partial charge >= 0.3 is 6.03 Å². The first-order chi connectivity index (χ1) is 17.0. The van der Waals surface area contributed by atoms with E-state index in [0.717, 1.165) is 18.5 Å². The molecule has 1 aromatic heterocycles. The maximum atomic E-state index is 13.2. The van der Waals surface area contributed by atoms with E-state index < -0.39 is 0 Å². The van der Waals surface area contributed by atoms with Crippen molar-refractivity contribution in [2.75, 3.05) is 58.9 Å². The summed E-state index contributed by atoms with van der Waals surface area (Å²) in [5, 5.41) is 4.20. The number of nitrogens with one attached hydrogen (secondary N) is 2. The van der Waals surface area contributed by atoms with E-state index in [9.17, 15) is 9.59 Å². The van der Waals surface area contributed by atoms with E-state index >= 15 is 0 Å². The number of aromatic nitrogens is 1. The molecule has 0 spiro atoms. The maximum Gasteiger partial charge on any atom is 0.322 e. The minimum Gasteiger partial charge on any atom is -0.493 e. The highest BCUT2D eigenvalue weighted by Gasteiger charge is 2.19. The van der Waals surface area contributed by atoms with Crippen molar-refractivity contribution in [1.29, 1.82) is 0 Å². The Kier molecular flexibility index (Phi) is 8.12. The zero-order chi connectivity index (χ0) is 24.8. The summed E-state index contributed by atoms with van der Waals surface area (Å²) in [5.74, 6) is 1.08. The summed E-state index contributed by atoms with van der Waals surface area (Å²) in [6.07, 6.45) is 0. The second kappa shape index (κ2) is 11.4.